The predicted octanol–water partition coefficient (Wildman–Crippen LogP) is 0.697. The van der Waals surface area contributed by atoms with Gasteiger partial charge in [0.15, 0.2) is 0 Å². The van der Waals surface area contributed by atoms with Gasteiger partial charge in [0, 0.05) is 20.1 Å². The lowest BCUT2D eigenvalue weighted by molar-refractivity contribution is -0.130. The predicted molar refractivity (Wildman–Crippen MR) is 55.5 cm³/mol. The van der Waals surface area contributed by atoms with Crippen molar-refractivity contribution in [2.24, 2.45) is 0 Å². The summed E-state index contributed by atoms with van der Waals surface area (Å²) >= 11 is 0. The average molecular weight is 214 g/mol. The van der Waals surface area contributed by atoms with E-state index >= 15 is 0 Å². The molecule has 0 radical (unpaired) electrons. The summed E-state index contributed by atoms with van der Waals surface area (Å²) in [6.45, 7) is 3.82. The van der Waals surface area contributed by atoms with Crippen LogP contribution in [0.25, 0.3) is 0 Å². The maximum absolute atomic E-state index is 11.6. The molecule has 0 aliphatic carbocycles. The van der Waals surface area contributed by atoms with Crippen LogP contribution in [0.15, 0.2) is 0 Å². The van der Waals surface area contributed by atoms with Crippen LogP contribution in [0.1, 0.15) is 19.8 Å². The molecule has 1 aliphatic heterocycles. The largest absolute Gasteiger partial charge is 0.450 e. The van der Waals surface area contributed by atoms with E-state index < -0.39 is 6.09 Å². The fourth-order valence-electron chi connectivity index (χ4n) is 1.57. The number of hydrogen-bond donors (Lipinski definition) is 0. The van der Waals surface area contributed by atoms with Crippen molar-refractivity contribution >= 4 is 12.0 Å². The van der Waals surface area contributed by atoms with E-state index in [4.69, 9.17) is 4.74 Å². The Morgan fingerprint density at radius 2 is 1.93 bits per heavy atom. The lowest BCUT2D eigenvalue weighted by Crippen LogP contribution is -2.40. The second-order valence-corrected chi connectivity index (χ2v) is 3.64. The Hall–Kier alpha value is -1.26. The van der Waals surface area contributed by atoms with Gasteiger partial charge in [-0.3, -0.25) is 4.79 Å². The number of rotatable bonds is 3. The minimum Gasteiger partial charge on any atom is -0.450 e. The van der Waals surface area contributed by atoms with E-state index in [1.54, 1.807) is 18.9 Å². The van der Waals surface area contributed by atoms with Gasteiger partial charge in [-0.25, -0.2) is 4.79 Å². The molecule has 0 saturated carbocycles. The summed E-state index contributed by atoms with van der Waals surface area (Å²) < 4.78 is 4.78. The van der Waals surface area contributed by atoms with Gasteiger partial charge in [0.05, 0.1) is 6.61 Å². The molecule has 2 amide bonds. The van der Waals surface area contributed by atoms with E-state index in [-0.39, 0.29) is 12.5 Å². The van der Waals surface area contributed by atoms with Crippen LogP contribution in [0, 0.1) is 0 Å². The van der Waals surface area contributed by atoms with Crippen molar-refractivity contribution in [1.82, 2.24) is 9.80 Å². The molecule has 1 heterocycles. The molecule has 0 aromatic heterocycles. The molecule has 0 atom stereocenters. The molecule has 1 rings (SSSR count). The van der Waals surface area contributed by atoms with Gasteiger partial charge >= 0.3 is 6.09 Å². The van der Waals surface area contributed by atoms with Crippen molar-refractivity contribution in [3.05, 3.63) is 0 Å². The van der Waals surface area contributed by atoms with Crippen molar-refractivity contribution in [1.29, 1.82) is 0 Å². The summed E-state index contributed by atoms with van der Waals surface area (Å²) in [5, 5.41) is 0. The van der Waals surface area contributed by atoms with Gasteiger partial charge in [0.2, 0.25) is 5.91 Å². The Labute approximate surface area is 90.0 Å². The van der Waals surface area contributed by atoms with Gasteiger partial charge in [-0.2, -0.15) is 0 Å². The lowest BCUT2D eigenvalue weighted by atomic mass is 10.4. The molecule has 0 N–H and O–H groups in total. The summed E-state index contributed by atoms with van der Waals surface area (Å²) in [6, 6.07) is 0. The van der Waals surface area contributed by atoms with E-state index in [1.165, 1.54) is 4.90 Å². The number of hydrogen-bond acceptors (Lipinski definition) is 3. The second kappa shape index (κ2) is 5.58. The quantitative estimate of drug-likeness (QED) is 0.694. The lowest BCUT2D eigenvalue weighted by Gasteiger charge is -2.20. The molecule has 1 saturated heterocycles. The maximum Gasteiger partial charge on any atom is 0.409 e. The third kappa shape index (κ3) is 3.42. The zero-order valence-corrected chi connectivity index (χ0v) is 9.36. The Morgan fingerprint density at radius 1 is 1.33 bits per heavy atom. The average Bonchev–Trinajstić information content (AvgIpc) is 2.70. The number of likely N-dealkylation sites (N-methyl/N-ethyl adjacent to an activating group) is 1. The first-order valence-corrected chi connectivity index (χ1v) is 5.30. The molecule has 0 aromatic carbocycles. The molecule has 5 heteroatoms. The first-order chi connectivity index (χ1) is 7.15. The van der Waals surface area contributed by atoms with Crippen LogP contribution in [0.3, 0.4) is 0 Å². The molecule has 15 heavy (non-hydrogen) atoms. The summed E-state index contributed by atoms with van der Waals surface area (Å²) in [6.07, 6.45) is 1.69. The van der Waals surface area contributed by atoms with E-state index in [2.05, 4.69) is 0 Å². The molecule has 0 aromatic rings. The molecular formula is C10H18N2O3. The van der Waals surface area contributed by atoms with Gasteiger partial charge in [-0.15, -0.1) is 0 Å². The highest BCUT2D eigenvalue weighted by Gasteiger charge is 2.21. The Kier molecular flexibility index (Phi) is 4.39. The fourth-order valence-corrected chi connectivity index (χ4v) is 1.57. The van der Waals surface area contributed by atoms with Crippen molar-refractivity contribution in [2.75, 3.05) is 33.3 Å². The van der Waals surface area contributed by atoms with Gasteiger partial charge in [-0.05, 0) is 19.8 Å². The maximum atomic E-state index is 11.6. The van der Waals surface area contributed by atoms with Crippen LogP contribution >= 0.6 is 0 Å². The van der Waals surface area contributed by atoms with Crippen molar-refractivity contribution < 1.29 is 14.3 Å². The molecule has 0 bridgehead atoms. The molecule has 0 spiro atoms. The zero-order chi connectivity index (χ0) is 11.3. The summed E-state index contributed by atoms with van der Waals surface area (Å²) in [5.74, 6) is 0.00283. The minimum atomic E-state index is -0.440. The van der Waals surface area contributed by atoms with E-state index in [0.717, 1.165) is 25.9 Å². The smallest absolute Gasteiger partial charge is 0.409 e. The van der Waals surface area contributed by atoms with Crippen LogP contribution in [0.5, 0.6) is 0 Å². The van der Waals surface area contributed by atoms with Gasteiger partial charge < -0.3 is 14.5 Å². The molecule has 1 fully saturated rings. The molecule has 0 unspecified atom stereocenters. The third-order valence-corrected chi connectivity index (χ3v) is 2.41. The van der Waals surface area contributed by atoms with Crippen LogP contribution < -0.4 is 0 Å². The zero-order valence-electron chi connectivity index (χ0n) is 9.36. The molecule has 86 valence electrons. The SMILES string of the molecule is CCOC(=O)N(C)CC(=O)N1CCCC1. The van der Waals surface area contributed by atoms with Gasteiger partial charge in [0.25, 0.3) is 0 Å². The Morgan fingerprint density at radius 3 is 2.47 bits per heavy atom. The van der Waals surface area contributed by atoms with Crippen molar-refractivity contribution in [3.63, 3.8) is 0 Å². The Bertz CT molecular complexity index is 237. The third-order valence-electron chi connectivity index (χ3n) is 2.41. The summed E-state index contributed by atoms with van der Waals surface area (Å²) in [4.78, 5) is 26.0. The van der Waals surface area contributed by atoms with Crippen LogP contribution in [0.4, 0.5) is 4.79 Å². The highest BCUT2D eigenvalue weighted by Crippen LogP contribution is 2.07. The van der Waals surface area contributed by atoms with E-state index in [0.29, 0.717) is 6.61 Å². The van der Waals surface area contributed by atoms with Crippen molar-refractivity contribution in [3.8, 4) is 0 Å². The van der Waals surface area contributed by atoms with Gasteiger partial charge in [0.1, 0.15) is 6.54 Å². The molecular weight excluding hydrogens is 196 g/mol. The van der Waals surface area contributed by atoms with Gasteiger partial charge in [-0.1, -0.05) is 0 Å². The first kappa shape index (κ1) is 11.8. The Balaban J connectivity index is 2.33. The topological polar surface area (TPSA) is 49.9 Å². The van der Waals surface area contributed by atoms with E-state index in [1.807, 2.05) is 0 Å². The standard InChI is InChI=1S/C10H18N2O3/c1-3-15-10(14)11(2)8-9(13)12-6-4-5-7-12/h3-8H2,1-2H3. The molecule has 5 nitrogen and oxygen atoms in total. The van der Waals surface area contributed by atoms with Crippen LogP contribution in [-0.2, 0) is 9.53 Å². The fraction of sp³-hybridized carbons (Fsp3) is 0.800. The highest BCUT2D eigenvalue weighted by molar-refractivity contribution is 5.82. The number of ether oxygens (including phenoxy) is 1. The van der Waals surface area contributed by atoms with Crippen LogP contribution in [0.2, 0.25) is 0 Å². The number of carbonyl (C=O) groups excluding carboxylic acids is 2. The van der Waals surface area contributed by atoms with Crippen molar-refractivity contribution in [2.45, 2.75) is 19.8 Å². The number of likely N-dealkylation sites (tertiary alicyclic amines) is 1. The second-order valence-electron chi connectivity index (χ2n) is 3.64. The van der Waals surface area contributed by atoms with Crippen LogP contribution in [-0.4, -0.2) is 55.1 Å². The monoisotopic (exact) mass is 214 g/mol. The normalized spacial score (nSPS) is 15.2. The number of nitrogens with zero attached hydrogens (tertiary/aromatic N) is 2. The summed E-state index contributed by atoms with van der Waals surface area (Å²) in [5.41, 5.74) is 0. The molecule has 1 aliphatic rings. The highest BCUT2D eigenvalue weighted by atomic mass is 16.6. The summed E-state index contributed by atoms with van der Waals surface area (Å²) in [7, 11) is 1.58. The minimum absolute atomic E-state index is 0.00283. The number of amides is 2. The first-order valence-electron chi connectivity index (χ1n) is 5.30. The van der Waals surface area contributed by atoms with E-state index in [9.17, 15) is 9.59 Å². The number of carbonyl (C=O) groups is 2.